The molecule has 0 spiro atoms. The Morgan fingerprint density at radius 3 is 2.76 bits per heavy atom. The summed E-state index contributed by atoms with van der Waals surface area (Å²) in [6.45, 7) is 9.38. The van der Waals surface area contributed by atoms with Gasteiger partial charge in [0.1, 0.15) is 0 Å². The molecule has 1 aromatic carbocycles. The van der Waals surface area contributed by atoms with Gasteiger partial charge in [0.25, 0.3) is 0 Å². The van der Waals surface area contributed by atoms with E-state index < -0.39 is 0 Å². The monoisotopic (exact) mass is 306 g/mol. The van der Waals surface area contributed by atoms with Crippen molar-refractivity contribution in [3.8, 4) is 11.5 Å². The first-order valence-corrected chi connectivity index (χ1v) is 7.56. The van der Waals surface area contributed by atoms with Crippen molar-refractivity contribution in [1.82, 2.24) is 10.2 Å². The van der Waals surface area contributed by atoms with Crippen LogP contribution >= 0.6 is 12.2 Å². The highest BCUT2D eigenvalue weighted by molar-refractivity contribution is 7.80. The van der Waals surface area contributed by atoms with Crippen molar-refractivity contribution in [3.05, 3.63) is 35.9 Å². The molecule has 1 atom stereocenters. The normalized spacial score (nSPS) is 17.5. The lowest BCUT2D eigenvalue weighted by molar-refractivity contribution is 0.234. The van der Waals surface area contributed by atoms with Crippen molar-refractivity contribution in [3.63, 3.8) is 0 Å². The third-order valence-corrected chi connectivity index (χ3v) is 4.18. The first kappa shape index (κ1) is 15.6. The van der Waals surface area contributed by atoms with E-state index in [1.807, 2.05) is 0 Å². The summed E-state index contributed by atoms with van der Waals surface area (Å²) in [4.78, 5) is 2.16. The van der Waals surface area contributed by atoms with Crippen molar-refractivity contribution >= 4 is 17.3 Å². The molecule has 0 fully saturated rings. The van der Waals surface area contributed by atoms with E-state index in [1.165, 1.54) is 0 Å². The highest BCUT2D eigenvalue weighted by Crippen LogP contribution is 2.40. The molecular weight excluding hydrogens is 284 g/mol. The van der Waals surface area contributed by atoms with Gasteiger partial charge in [-0.3, -0.25) is 0 Å². The smallest absolute Gasteiger partial charge is 0.169 e. The molecule has 0 aromatic heterocycles. The van der Waals surface area contributed by atoms with Gasteiger partial charge < -0.3 is 20.4 Å². The summed E-state index contributed by atoms with van der Waals surface area (Å²) in [5.74, 6) is 0.194. The van der Waals surface area contributed by atoms with Crippen molar-refractivity contribution < 1.29 is 10.2 Å². The molecule has 1 aliphatic rings. The Morgan fingerprint density at radius 1 is 1.48 bits per heavy atom. The molecule has 1 aromatic rings. The minimum Gasteiger partial charge on any atom is -0.504 e. The molecule has 0 bridgehead atoms. The topological polar surface area (TPSA) is 55.7 Å². The Balaban J connectivity index is 2.36. The quantitative estimate of drug-likeness (QED) is 0.455. The number of nitrogens with one attached hydrogen (secondary N) is 1. The lowest BCUT2D eigenvalue weighted by atomic mass is 9.86. The van der Waals surface area contributed by atoms with Crippen LogP contribution in [-0.2, 0) is 6.42 Å². The number of benzene rings is 1. The molecule has 0 aliphatic carbocycles. The second-order valence-corrected chi connectivity index (χ2v) is 6.03. The second-order valence-electron chi connectivity index (χ2n) is 5.65. The zero-order valence-corrected chi connectivity index (χ0v) is 13.3. The van der Waals surface area contributed by atoms with Gasteiger partial charge in [-0.15, -0.1) is 6.58 Å². The Labute approximate surface area is 131 Å². The second kappa shape index (κ2) is 6.35. The van der Waals surface area contributed by atoms with E-state index in [-0.39, 0.29) is 17.5 Å². The number of phenols is 2. The van der Waals surface area contributed by atoms with Crippen LogP contribution < -0.4 is 5.32 Å². The number of rotatable bonds is 3. The van der Waals surface area contributed by atoms with E-state index in [0.29, 0.717) is 17.6 Å². The van der Waals surface area contributed by atoms with Gasteiger partial charge in [-0.1, -0.05) is 19.9 Å². The fourth-order valence-electron chi connectivity index (χ4n) is 2.88. The molecule has 21 heavy (non-hydrogen) atoms. The molecule has 0 radical (unpaired) electrons. The van der Waals surface area contributed by atoms with Crippen LogP contribution in [0.15, 0.2) is 24.8 Å². The molecule has 1 aliphatic heterocycles. The number of thiocarbonyl (C=S) groups is 1. The fraction of sp³-hybridized carbons (Fsp3) is 0.438. The molecule has 5 heteroatoms. The Kier molecular flexibility index (Phi) is 4.73. The molecule has 3 N–H and O–H groups in total. The van der Waals surface area contributed by atoms with Crippen molar-refractivity contribution in [2.45, 2.75) is 26.3 Å². The fourth-order valence-corrected chi connectivity index (χ4v) is 3.17. The van der Waals surface area contributed by atoms with E-state index in [9.17, 15) is 10.2 Å². The van der Waals surface area contributed by atoms with E-state index in [4.69, 9.17) is 12.2 Å². The maximum absolute atomic E-state index is 9.81. The van der Waals surface area contributed by atoms with E-state index in [0.717, 1.165) is 24.1 Å². The van der Waals surface area contributed by atoms with Crippen LogP contribution in [0.3, 0.4) is 0 Å². The predicted molar refractivity (Wildman–Crippen MR) is 88.6 cm³/mol. The van der Waals surface area contributed by atoms with Crippen LogP contribution in [0.25, 0.3) is 0 Å². The summed E-state index contributed by atoms with van der Waals surface area (Å²) in [5, 5.41) is 23.4. The Hall–Kier alpha value is -1.75. The first-order chi connectivity index (χ1) is 9.95. The lowest BCUT2D eigenvalue weighted by Gasteiger charge is -2.41. The average molecular weight is 306 g/mol. The van der Waals surface area contributed by atoms with Crippen LogP contribution in [0.5, 0.6) is 11.5 Å². The van der Waals surface area contributed by atoms with Crippen LogP contribution in [0.1, 0.15) is 31.0 Å². The molecule has 1 unspecified atom stereocenters. The zero-order valence-electron chi connectivity index (χ0n) is 12.5. The van der Waals surface area contributed by atoms with Gasteiger partial charge in [-0.25, -0.2) is 0 Å². The first-order valence-electron chi connectivity index (χ1n) is 7.15. The molecule has 0 saturated carbocycles. The minimum atomic E-state index is -0.0776. The summed E-state index contributed by atoms with van der Waals surface area (Å²) in [7, 11) is 0. The van der Waals surface area contributed by atoms with Crippen molar-refractivity contribution in [2.24, 2.45) is 5.92 Å². The lowest BCUT2D eigenvalue weighted by Crippen LogP contribution is -2.47. The number of aromatic hydroxyl groups is 2. The molecular formula is C16H22N2O2S. The average Bonchev–Trinajstić information content (AvgIpc) is 2.44. The molecule has 2 rings (SSSR count). The van der Waals surface area contributed by atoms with E-state index in [1.54, 1.807) is 18.2 Å². The van der Waals surface area contributed by atoms with Crippen LogP contribution in [0.2, 0.25) is 0 Å². The predicted octanol–water partition coefficient (Wildman–Crippen LogP) is 2.71. The summed E-state index contributed by atoms with van der Waals surface area (Å²) in [6.07, 6.45) is 2.57. The van der Waals surface area contributed by atoms with Gasteiger partial charge in [-0.2, -0.15) is 0 Å². The molecule has 114 valence electrons. The maximum Gasteiger partial charge on any atom is 0.169 e. The molecule has 4 nitrogen and oxygen atoms in total. The highest BCUT2D eigenvalue weighted by Gasteiger charge is 2.32. The number of hydrogen-bond acceptors (Lipinski definition) is 3. The Morgan fingerprint density at radius 2 is 2.14 bits per heavy atom. The van der Waals surface area contributed by atoms with Crippen LogP contribution in [0, 0.1) is 5.92 Å². The van der Waals surface area contributed by atoms with Gasteiger partial charge in [0, 0.05) is 13.1 Å². The summed E-state index contributed by atoms with van der Waals surface area (Å²) in [6, 6.07) is 3.42. The van der Waals surface area contributed by atoms with Gasteiger partial charge in [0.2, 0.25) is 0 Å². The number of phenolic OH excluding ortho intramolecular Hbond substituents is 2. The van der Waals surface area contributed by atoms with E-state index in [2.05, 4.69) is 30.6 Å². The molecule has 0 saturated heterocycles. The zero-order chi connectivity index (χ0) is 15.6. The third kappa shape index (κ3) is 3.13. The van der Waals surface area contributed by atoms with Crippen LogP contribution in [-0.4, -0.2) is 33.3 Å². The number of nitrogens with zero attached hydrogens (tertiary/aromatic N) is 1. The van der Waals surface area contributed by atoms with Crippen LogP contribution in [0.4, 0.5) is 0 Å². The van der Waals surface area contributed by atoms with Gasteiger partial charge in [0.15, 0.2) is 16.6 Å². The summed E-state index contributed by atoms with van der Waals surface area (Å²) in [5.41, 5.74) is 2.11. The summed E-state index contributed by atoms with van der Waals surface area (Å²) < 4.78 is 0. The highest BCUT2D eigenvalue weighted by atomic mass is 32.1. The standard InChI is InChI=1S/C16H22N2O2S/c1-4-6-17-16(21)18-7-5-11-8-13(19)14(20)9-12(11)15(18)10(2)3/h4,8-10,15,19-20H,1,5-7H2,2-3H3,(H,17,21). The van der Waals surface area contributed by atoms with Crippen molar-refractivity contribution in [2.75, 3.05) is 13.1 Å². The number of fused-ring (bicyclic) bond motifs is 1. The molecule has 0 amide bonds. The van der Waals surface area contributed by atoms with Gasteiger partial charge in [0.05, 0.1) is 6.04 Å². The van der Waals surface area contributed by atoms with E-state index >= 15 is 0 Å². The SMILES string of the molecule is C=CCNC(=S)N1CCc2cc(O)c(O)cc2C1C(C)C. The Bertz CT molecular complexity index is 557. The maximum atomic E-state index is 9.81. The van der Waals surface area contributed by atoms with Gasteiger partial charge in [-0.05, 0) is 47.8 Å². The number of hydrogen-bond donors (Lipinski definition) is 3. The minimum absolute atomic E-state index is 0.0583. The largest absolute Gasteiger partial charge is 0.504 e. The van der Waals surface area contributed by atoms with Gasteiger partial charge >= 0.3 is 0 Å². The summed E-state index contributed by atoms with van der Waals surface area (Å²) >= 11 is 5.48. The van der Waals surface area contributed by atoms with Crippen molar-refractivity contribution in [1.29, 1.82) is 0 Å². The molecule has 1 heterocycles. The third-order valence-electron chi connectivity index (χ3n) is 3.80.